The first kappa shape index (κ1) is 21.2. The Morgan fingerprint density at radius 1 is 1.10 bits per heavy atom. The molecule has 0 aromatic heterocycles. The summed E-state index contributed by atoms with van der Waals surface area (Å²) in [6.45, 7) is 6.03. The number of aliphatic hydroxyl groups is 1. The average Bonchev–Trinajstić information content (AvgIpc) is 3.25. The lowest BCUT2D eigenvalue weighted by Crippen LogP contribution is -2.67. The van der Waals surface area contributed by atoms with E-state index < -0.39 is 29.0 Å². The zero-order valence-electron chi connectivity index (χ0n) is 19.0. The van der Waals surface area contributed by atoms with Crippen LogP contribution in [0.5, 0.6) is 0 Å². The Balaban J connectivity index is 1.47. The number of carbonyl (C=O) groups excluding carboxylic acids is 3. The molecule has 31 heavy (non-hydrogen) atoms. The van der Waals surface area contributed by atoms with Gasteiger partial charge in [-0.1, -0.05) is 20.8 Å². The van der Waals surface area contributed by atoms with Crippen molar-refractivity contribution in [2.75, 3.05) is 0 Å². The van der Waals surface area contributed by atoms with Gasteiger partial charge in [-0.05, 0) is 74.5 Å². The molecule has 2 unspecified atom stereocenters. The molecule has 5 aliphatic carbocycles. The normalized spacial score (nSPS) is 43.5. The molecule has 1 heterocycles. The minimum atomic E-state index is -0.729. The van der Waals surface area contributed by atoms with E-state index in [4.69, 9.17) is 5.73 Å². The van der Waals surface area contributed by atoms with Crippen LogP contribution >= 0.6 is 0 Å². The molecule has 6 fully saturated rings. The molecular formula is C24H37N3O4. The molecule has 7 heteroatoms. The van der Waals surface area contributed by atoms with Gasteiger partial charge in [0.2, 0.25) is 17.7 Å². The van der Waals surface area contributed by atoms with Crippen molar-refractivity contribution in [3.05, 3.63) is 0 Å². The fraction of sp³-hybridized carbons (Fsp3) is 0.875. The quantitative estimate of drug-likeness (QED) is 0.615. The van der Waals surface area contributed by atoms with E-state index in [0.717, 1.165) is 38.5 Å². The number of carbonyl (C=O) groups is 3. The second-order valence-corrected chi connectivity index (χ2v) is 12.7. The Kier molecular flexibility index (Phi) is 4.58. The number of fused-ring (bicyclic) bond motifs is 1. The van der Waals surface area contributed by atoms with E-state index in [1.165, 1.54) is 0 Å². The van der Waals surface area contributed by atoms with E-state index >= 15 is 0 Å². The topological polar surface area (TPSA) is 113 Å². The van der Waals surface area contributed by atoms with E-state index in [1.807, 2.05) is 20.8 Å². The minimum absolute atomic E-state index is 0.0732. The molecule has 172 valence electrons. The predicted molar refractivity (Wildman–Crippen MR) is 114 cm³/mol. The number of nitrogens with zero attached hydrogens (tertiary/aromatic N) is 1. The number of rotatable bonds is 5. The maximum absolute atomic E-state index is 14.0. The van der Waals surface area contributed by atoms with Crippen molar-refractivity contribution in [3.63, 3.8) is 0 Å². The monoisotopic (exact) mass is 431 g/mol. The van der Waals surface area contributed by atoms with E-state index in [2.05, 4.69) is 5.32 Å². The van der Waals surface area contributed by atoms with Gasteiger partial charge in [-0.3, -0.25) is 14.4 Å². The Morgan fingerprint density at radius 2 is 1.74 bits per heavy atom. The lowest BCUT2D eigenvalue weighted by molar-refractivity contribution is -0.182. The summed E-state index contributed by atoms with van der Waals surface area (Å²) in [4.78, 5) is 40.9. The maximum atomic E-state index is 14.0. The number of piperidine rings is 1. The molecule has 4 bridgehead atoms. The van der Waals surface area contributed by atoms with Crippen LogP contribution < -0.4 is 11.1 Å². The number of hydrogen-bond donors (Lipinski definition) is 3. The fourth-order valence-electron chi connectivity index (χ4n) is 7.97. The van der Waals surface area contributed by atoms with Gasteiger partial charge in [0.05, 0.1) is 5.60 Å². The van der Waals surface area contributed by atoms with Crippen molar-refractivity contribution in [1.82, 2.24) is 10.2 Å². The Morgan fingerprint density at radius 3 is 2.29 bits per heavy atom. The third-order valence-corrected chi connectivity index (χ3v) is 8.62. The largest absolute Gasteiger partial charge is 0.390 e. The van der Waals surface area contributed by atoms with Gasteiger partial charge in [0, 0.05) is 17.9 Å². The number of nitrogens with one attached hydrogen (secondary N) is 1. The summed E-state index contributed by atoms with van der Waals surface area (Å²) < 4.78 is 0. The molecule has 1 aliphatic heterocycles. The van der Waals surface area contributed by atoms with Gasteiger partial charge in [-0.15, -0.1) is 0 Å². The molecule has 6 aliphatic rings. The third kappa shape index (κ3) is 3.66. The summed E-state index contributed by atoms with van der Waals surface area (Å²) in [7, 11) is 0. The van der Waals surface area contributed by atoms with Gasteiger partial charge in [0.1, 0.15) is 12.1 Å². The second kappa shape index (κ2) is 6.69. The van der Waals surface area contributed by atoms with Crippen molar-refractivity contribution in [3.8, 4) is 0 Å². The standard InChI is InChI=1S/C24H37N3O4/c1-22(2,3)11-18(28)26-19(21(30)27-16-5-15(16)6-17(27)20(25)29)23-7-13-4-14(8-23)10-24(31,9-13)12-23/h13-17,19,31H,4-12H2,1-3H3,(H2,25,29)(H,26,28)/t13?,14?,15-,16-,17-,19+,23?,24?/m0/s1. The molecule has 0 spiro atoms. The first-order valence-electron chi connectivity index (χ1n) is 12.0. The highest BCUT2D eigenvalue weighted by molar-refractivity contribution is 5.93. The molecule has 1 saturated heterocycles. The molecule has 7 nitrogen and oxygen atoms in total. The molecule has 6 atom stereocenters. The molecule has 6 rings (SSSR count). The van der Waals surface area contributed by atoms with Gasteiger partial charge in [0.15, 0.2) is 0 Å². The molecule has 0 radical (unpaired) electrons. The van der Waals surface area contributed by atoms with Crippen LogP contribution in [-0.2, 0) is 14.4 Å². The van der Waals surface area contributed by atoms with Crippen molar-refractivity contribution >= 4 is 17.7 Å². The number of primary amides is 1. The summed E-state index contributed by atoms with van der Waals surface area (Å²) in [5, 5.41) is 14.4. The molecule has 3 amide bonds. The number of amides is 3. The molecule has 4 N–H and O–H groups in total. The molecule has 5 saturated carbocycles. The first-order valence-corrected chi connectivity index (χ1v) is 12.0. The van der Waals surface area contributed by atoms with E-state index in [9.17, 15) is 19.5 Å². The van der Waals surface area contributed by atoms with Crippen LogP contribution in [0.4, 0.5) is 0 Å². The number of likely N-dealkylation sites (tertiary alicyclic amines) is 1. The average molecular weight is 432 g/mol. The molecule has 0 aromatic carbocycles. The van der Waals surface area contributed by atoms with Gasteiger partial charge in [-0.25, -0.2) is 0 Å². The first-order chi connectivity index (χ1) is 14.4. The zero-order chi connectivity index (χ0) is 22.3. The Bertz CT molecular complexity index is 804. The van der Waals surface area contributed by atoms with Crippen LogP contribution in [0.2, 0.25) is 0 Å². The van der Waals surface area contributed by atoms with Gasteiger partial charge < -0.3 is 21.1 Å². The fourth-order valence-corrected chi connectivity index (χ4v) is 7.97. The maximum Gasteiger partial charge on any atom is 0.246 e. The zero-order valence-corrected chi connectivity index (χ0v) is 19.0. The third-order valence-electron chi connectivity index (χ3n) is 8.62. The predicted octanol–water partition coefficient (Wildman–Crippen LogP) is 1.71. The van der Waals surface area contributed by atoms with E-state index in [-0.39, 0.29) is 23.3 Å². The lowest BCUT2D eigenvalue weighted by atomic mass is 9.46. The summed E-state index contributed by atoms with van der Waals surface area (Å²) in [6.07, 6.45) is 6.89. The van der Waals surface area contributed by atoms with Crippen LogP contribution in [0.15, 0.2) is 0 Å². The second-order valence-electron chi connectivity index (χ2n) is 12.7. The summed E-state index contributed by atoms with van der Waals surface area (Å²) in [5.41, 5.74) is 4.31. The molecule has 0 aromatic rings. The Labute approximate surface area is 184 Å². The SMILES string of the molecule is CC(C)(C)CC(=O)N[C@H](C(=O)N1[C@H](C(N)=O)C[C@@H]2C[C@@H]21)C12CC3CC(CC(O)(C3)C1)C2. The molecular weight excluding hydrogens is 394 g/mol. The smallest absolute Gasteiger partial charge is 0.246 e. The lowest BCUT2D eigenvalue weighted by Gasteiger charge is -2.62. The number of hydrogen-bond acceptors (Lipinski definition) is 4. The van der Waals surface area contributed by atoms with Crippen molar-refractivity contribution < 1.29 is 19.5 Å². The summed E-state index contributed by atoms with van der Waals surface area (Å²) in [6, 6.07) is -1.19. The van der Waals surface area contributed by atoms with Crippen LogP contribution in [-0.4, -0.2) is 51.5 Å². The van der Waals surface area contributed by atoms with Crippen molar-refractivity contribution in [1.29, 1.82) is 0 Å². The van der Waals surface area contributed by atoms with Crippen molar-refractivity contribution in [2.24, 2.45) is 34.3 Å². The minimum Gasteiger partial charge on any atom is -0.390 e. The van der Waals surface area contributed by atoms with Gasteiger partial charge in [0.25, 0.3) is 0 Å². The number of nitrogens with two attached hydrogens (primary N) is 1. The highest BCUT2D eigenvalue weighted by Crippen LogP contribution is 2.63. The van der Waals surface area contributed by atoms with Gasteiger partial charge in [-0.2, -0.15) is 0 Å². The Hall–Kier alpha value is -1.63. The van der Waals surface area contributed by atoms with E-state index in [1.54, 1.807) is 4.90 Å². The highest BCUT2D eigenvalue weighted by Gasteiger charge is 2.64. The van der Waals surface area contributed by atoms with Crippen molar-refractivity contribution in [2.45, 2.75) is 102 Å². The van der Waals surface area contributed by atoms with Crippen LogP contribution in [0, 0.1) is 28.6 Å². The highest BCUT2D eigenvalue weighted by atomic mass is 16.3. The van der Waals surface area contributed by atoms with Crippen LogP contribution in [0.1, 0.15) is 78.6 Å². The van der Waals surface area contributed by atoms with E-state index in [0.29, 0.717) is 37.0 Å². The van der Waals surface area contributed by atoms with Crippen LogP contribution in [0.3, 0.4) is 0 Å². The van der Waals surface area contributed by atoms with Gasteiger partial charge >= 0.3 is 0 Å². The summed E-state index contributed by atoms with van der Waals surface area (Å²) >= 11 is 0. The summed E-state index contributed by atoms with van der Waals surface area (Å²) in [5.74, 6) is 0.426. The van der Waals surface area contributed by atoms with Crippen LogP contribution in [0.25, 0.3) is 0 Å².